The Balaban J connectivity index is 1.74. The average molecular weight is 341 g/mol. The molecule has 4 amide bonds. The maximum Gasteiger partial charge on any atom is 0.325 e. The van der Waals surface area contributed by atoms with Gasteiger partial charge in [0.05, 0.1) is 0 Å². The molecular formula is C18H16FN3O3. The molecule has 128 valence electrons. The van der Waals surface area contributed by atoms with E-state index in [2.05, 4.69) is 10.6 Å². The Morgan fingerprint density at radius 3 is 2.56 bits per heavy atom. The van der Waals surface area contributed by atoms with E-state index in [0.29, 0.717) is 5.56 Å². The van der Waals surface area contributed by atoms with Crippen LogP contribution >= 0.6 is 0 Å². The fourth-order valence-electron chi connectivity index (χ4n) is 2.72. The second-order valence-electron chi connectivity index (χ2n) is 5.87. The van der Waals surface area contributed by atoms with Crippen molar-refractivity contribution in [2.45, 2.75) is 12.5 Å². The monoisotopic (exact) mass is 341 g/mol. The standard InChI is InChI=1S/C18H16FN3O3/c1-18(12-6-3-2-4-7-12)16(24)22(17(25)21-18)11-15(23)20-14-9-5-8-13(19)10-14/h2-10H,11H2,1H3,(H,20,23)(H,21,25). The number of halogens is 1. The molecule has 1 heterocycles. The number of imide groups is 1. The molecule has 0 aromatic heterocycles. The van der Waals surface area contributed by atoms with Crippen molar-refractivity contribution in [1.82, 2.24) is 10.2 Å². The van der Waals surface area contributed by atoms with Gasteiger partial charge in [-0.05, 0) is 30.7 Å². The molecule has 1 aliphatic rings. The molecule has 1 atom stereocenters. The predicted molar refractivity (Wildman–Crippen MR) is 89.1 cm³/mol. The molecule has 2 N–H and O–H groups in total. The van der Waals surface area contributed by atoms with E-state index in [-0.39, 0.29) is 5.69 Å². The normalized spacial score (nSPS) is 19.7. The van der Waals surface area contributed by atoms with Crippen molar-refractivity contribution in [1.29, 1.82) is 0 Å². The lowest BCUT2D eigenvalue weighted by atomic mass is 9.92. The number of nitrogens with one attached hydrogen (secondary N) is 2. The van der Waals surface area contributed by atoms with E-state index in [9.17, 15) is 18.8 Å². The first-order valence-corrected chi connectivity index (χ1v) is 7.65. The van der Waals surface area contributed by atoms with Crippen LogP contribution in [-0.4, -0.2) is 29.3 Å². The molecule has 1 aliphatic heterocycles. The van der Waals surface area contributed by atoms with E-state index in [4.69, 9.17) is 0 Å². The highest BCUT2D eigenvalue weighted by atomic mass is 19.1. The maximum absolute atomic E-state index is 13.2. The van der Waals surface area contributed by atoms with Crippen molar-refractivity contribution in [3.8, 4) is 0 Å². The number of anilines is 1. The first-order valence-electron chi connectivity index (χ1n) is 7.65. The summed E-state index contributed by atoms with van der Waals surface area (Å²) in [5.41, 5.74) is -0.346. The minimum absolute atomic E-state index is 0.253. The Hall–Kier alpha value is -3.22. The van der Waals surface area contributed by atoms with Gasteiger partial charge in [-0.2, -0.15) is 0 Å². The highest BCUT2D eigenvalue weighted by Gasteiger charge is 2.49. The Labute approximate surface area is 143 Å². The average Bonchev–Trinajstić information content (AvgIpc) is 2.80. The summed E-state index contributed by atoms with van der Waals surface area (Å²) in [4.78, 5) is 37.8. The molecule has 1 saturated heterocycles. The van der Waals surface area contributed by atoms with Gasteiger partial charge >= 0.3 is 6.03 Å². The molecule has 7 heteroatoms. The molecule has 0 bridgehead atoms. The highest BCUT2D eigenvalue weighted by molar-refractivity contribution is 6.10. The van der Waals surface area contributed by atoms with Gasteiger partial charge in [0.2, 0.25) is 5.91 Å². The Morgan fingerprint density at radius 2 is 1.88 bits per heavy atom. The third kappa shape index (κ3) is 3.21. The third-order valence-corrected chi connectivity index (χ3v) is 4.04. The van der Waals surface area contributed by atoms with Crippen LogP contribution in [-0.2, 0) is 15.1 Å². The quantitative estimate of drug-likeness (QED) is 0.837. The van der Waals surface area contributed by atoms with Crippen molar-refractivity contribution in [3.63, 3.8) is 0 Å². The van der Waals surface area contributed by atoms with Crippen LogP contribution in [0.1, 0.15) is 12.5 Å². The molecule has 6 nitrogen and oxygen atoms in total. The van der Waals surface area contributed by atoms with E-state index in [0.717, 1.165) is 11.0 Å². The zero-order valence-corrected chi connectivity index (χ0v) is 13.5. The van der Waals surface area contributed by atoms with Crippen molar-refractivity contribution < 1.29 is 18.8 Å². The lowest BCUT2D eigenvalue weighted by Crippen LogP contribution is -2.42. The molecule has 0 saturated carbocycles. The van der Waals surface area contributed by atoms with Gasteiger partial charge in [0, 0.05) is 5.69 Å². The van der Waals surface area contributed by atoms with Crippen LogP contribution in [0.2, 0.25) is 0 Å². The summed E-state index contributed by atoms with van der Waals surface area (Å²) in [7, 11) is 0. The summed E-state index contributed by atoms with van der Waals surface area (Å²) in [6.07, 6.45) is 0. The van der Waals surface area contributed by atoms with Gasteiger partial charge in [0.25, 0.3) is 5.91 Å². The van der Waals surface area contributed by atoms with E-state index >= 15 is 0 Å². The number of carbonyl (C=O) groups excluding carboxylic acids is 3. The number of amides is 4. The van der Waals surface area contributed by atoms with Gasteiger partial charge in [0.15, 0.2) is 0 Å². The van der Waals surface area contributed by atoms with E-state index in [1.165, 1.54) is 18.2 Å². The third-order valence-electron chi connectivity index (χ3n) is 4.04. The number of hydrogen-bond acceptors (Lipinski definition) is 3. The second-order valence-corrected chi connectivity index (χ2v) is 5.87. The zero-order valence-electron chi connectivity index (χ0n) is 13.5. The summed E-state index contributed by atoms with van der Waals surface area (Å²) < 4.78 is 13.2. The van der Waals surface area contributed by atoms with E-state index in [1.807, 2.05) is 0 Å². The van der Waals surface area contributed by atoms with Crippen molar-refractivity contribution >= 4 is 23.5 Å². The van der Waals surface area contributed by atoms with Crippen LogP contribution < -0.4 is 10.6 Å². The summed E-state index contributed by atoms with van der Waals surface area (Å²) in [5.74, 6) is -1.60. The van der Waals surface area contributed by atoms with Crippen LogP contribution in [0.5, 0.6) is 0 Å². The molecule has 2 aromatic rings. The number of benzene rings is 2. The minimum atomic E-state index is -1.22. The van der Waals surface area contributed by atoms with Crippen molar-refractivity contribution in [2.24, 2.45) is 0 Å². The fraction of sp³-hybridized carbons (Fsp3) is 0.167. The minimum Gasteiger partial charge on any atom is -0.324 e. The van der Waals surface area contributed by atoms with Gasteiger partial charge in [-0.15, -0.1) is 0 Å². The van der Waals surface area contributed by atoms with Gasteiger partial charge in [-0.3, -0.25) is 14.5 Å². The first-order chi connectivity index (χ1) is 11.9. The smallest absolute Gasteiger partial charge is 0.324 e. The van der Waals surface area contributed by atoms with Crippen LogP contribution in [0.3, 0.4) is 0 Å². The number of urea groups is 1. The molecule has 1 unspecified atom stereocenters. The first kappa shape index (κ1) is 16.6. The van der Waals surface area contributed by atoms with Gasteiger partial charge in [-0.1, -0.05) is 36.4 Å². The molecular weight excluding hydrogens is 325 g/mol. The van der Waals surface area contributed by atoms with Crippen molar-refractivity contribution in [2.75, 3.05) is 11.9 Å². The molecule has 3 rings (SSSR count). The second kappa shape index (κ2) is 6.35. The Morgan fingerprint density at radius 1 is 1.16 bits per heavy atom. The van der Waals surface area contributed by atoms with Crippen LogP contribution in [0.15, 0.2) is 54.6 Å². The largest absolute Gasteiger partial charge is 0.325 e. The highest BCUT2D eigenvalue weighted by Crippen LogP contribution is 2.28. The molecule has 0 aliphatic carbocycles. The van der Waals surface area contributed by atoms with E-state index in [1.54, 1.807) is 37.3 Å². The Kier molecular flexibility index (Phi) is 4.22. The zero-order chi connectivity index (χ0) is 18.0. The van der Waals surface area contributed by atoms with Crippen LogP contribution in [0, 0.1) is 5.82 Å². The number of rotatable bonds is 4. The predicted octanol–water partition coefficient (Wildman–Crippen LogP) is 2.23. The van der Waals surface area contributed by atoms with E-state index < -0.39 is 35.7 Å². The van der Waals surface area contributed by atoms with Crippen LogP contribution in [0.4, 0.5) is 14.9 Å². The van der Waals surface area contributed by atoms with Crippen LogP contribution in [0.25, 0.3) is 0 Å². The lowest BCUT2D eigenvalue weighted by molar-refractivity contribution is -0.133. The van der Waals surface area contributed by atoms with Crippen molar-refractivity contribution in [3.05, 3.63) is 66.0 Å². The topological polar surface area (TPSA) is 78.5 Å². The summed E-state index contributed by atoms with van der Waals surface area (Å²) in [6, 6.07) is 13.5. The van der Waals surface area contributed by atoms with Gasteiger partial charge < -0.3 is 10.6 Å². The summed E-state index contributed by atoms with van der Waals surface area (Å²) >= 11 is 0. The number of carbonyl (C=O) groups is 3. The molecule has 0 radical (unpaired) electrons. The Bertz CT molecular complexity index is 840. The molecule has 25 heavy (non-hydrogen) atoms. The molecule has 0 spiro atoms. The number of hydrogen-bond donors (Lipinski definition) is 2. The van der Waals surface area contributed by atoms with Gasteiger partial charge in [-0.25, -0.2) is 9.18 Å². The summed E-state index contributed by atoms with van der Waals surface area (Å²) in [5, 5.41) is 5.09. The molecule has 2 aromatic carbocycles. The maximum atomic E-state index is 13.2. The molecule has 1 fully saturated rings. The van der Waals surface area contributed by atoms with Gasteiger partial charge in [0.1, 0.15) is 17.9 Å². The fourth-order valence-corrected chi connectivity index (χ4v) is 2.72. The number of nitrogens with zero attached hydrogens (tertiary/aromatic N) is 1. The summed E-state index contributed by atoms with van der Waals surface area (Å²) in [6.45, 7) is 1.14. The SMILES string of the molecule is CC1(c2ccccc2)NC(=O)N(CC(=O)Nc2cccc(F)c2)C1=O. The lowest BCUT2D eigenvalue weighted by Gasteiger charge is -2.22.